The molecular formula is C47H50N4O6. The van der Waals surface area contributed by atoms with Crippen LogP contribution in [-0.4, -0.2) is 48.2 Å². The summed E-state index contributed by atoms with van der Waals surface area (Å²) in [6, 6.07) is 44.2. The van der Waals surface area contributed by atoms with Gasteiger partial charge in [0.05, 0.1) is 6.04 Å². The van der Waals surface area contributed by atoms with Crippen LogP contribution in [0.25, 0.3) is 0 Å². The van der Waals surface area contributed by atoms with Crippen LogP contribution in [-0.2, 0) is 42.5 Å². The number of nitrogens with one attached hydrogen (secondary N) is 4. The van der Waals surface area contributed by atoms with Crippen LogP contribution >= 0.6 is 0 Å². The number of rotatable bonds is 19. The molecule has 0 bridgehead atoms. The molecule has 4 N–H and O–H groups in total. The van der Waals surface area contributed by atoms with E-state index in [1.165, 1.54) is 0 Å². The molecule has 0 aromatic heterocycles. The molecule has 0 aliphatic carbocycles. The summed E-state index contributed by atoms with van der Waals surface area (Å²) in [4.78, 5) is 66.8. The van der Waals surface area contributed by atoms with Crippen molar-refractivity contribution >= 4 is 30.1 Å². The quantitative estimate of drug-likeness (QED) is 0.0550. The fraction of sp³-hybridized carbons (Fsp3) is 0.255. The molecule has 57 heavy (non-hydrogen) atoms. The first-order valence-corrected chi connectivity index (χ1v) is 19.2. The van der Waals surface area contributed by atoms with Gasteiger partial charge in [0.2, 0.25) is 17.7 Å². The van der Waals surface area contributed by atoms with Crippen molar-refractivity contribution in [3.8, 4) is 0 Å². The molecule has 5 rings (SSSR count). The standard InChI is InChI=1S/C47H50N4O6/c1-34(2)30-41(50-46(56)57-33-36-20-10-4-11-21-36)45(55)49-42(31-35-18-8-3-9-19-35)44(54)48-40(32-52)28-29-43(53)51-47(37-22-12-5-13-23-37,38-24-14-6-15-25-38)39-26-16-7-17-27-39/h3-27,32,34,40-42H,28-31,33H2,1-2H3,(H,48,54)(H,49,55)(H,50,56)(H,51,53)/t40-,41-,42-/m0/s1. The lowest BCUT2D eigenvalue weighted by atomic mass is 9.77. The summed E-state index contributed by atoms with van der Waals surface area (Å²) >= 11 is 0. The maximum absolute atomic E-state index is 13.9. The molecule has 0 unspecified atom stereocenters. The summed E-state index contributed by atoms with van der Waals surface area (Å²) in [6.07, 6.45) is 0.154. The maximum Gasteiger partial charge on any atom is 0.408 e. The number of aldehydes is 1. The van der Waals surface area contributed by atoms with Gasteiger partial charge in [-0.05, 0) is 46.6 Å². The number of carbonyl (C=O) groups excluding carboxylic acids is 5. The molecule has 0 radical (unpaired) electrons. The Morgan fingerprint density at radius 2 is 1.05 bits per heavy atom. The Balaban J connectivity index is 1.29. The fourth-order valence-electron chi connectivity index (χ4n) is 6.74. The van der Waals surface area contributed by atoms with Gasteiger partial charge < -0.3 is 30.8 Å². The molecule has 10 heteroatoms. The van der Waals surface area contributed by atoms with Crippen LogP contribution in [0.15, 0.2) is 152 Å². The van der Waals surface area contributed by atoms with Crippen LogP contribution < -0.4 is 21.3 Å². The van der Waals surface area contributed by atoms with E-state index in [2.05, 4.69) is 21.3 Å². The lowest BCUT2D eigenvalue weighted by molar-refractivity contribution is -0.131. The Hall–Kier alpha value is -6.55. The van der Waals surface area contributed by atoms with E-state index in [0.29, 0.717) is 6.29 Å². The van der Waals surface area contributed by atoms with Gasteiger partial charge in [0.15, 0.2) is 0 Å². The smallest absolute Gasteiger partial charge is 0.408 e. The third-order valence-corrected chi connectivity index (χ3v) is 9.57. The number of ether oxygens (including phenoxy) is 1. The minimum atomic E-state index is -1.10. The first-order chi connectivity index (χ1) is 27.7. The molecular weight excluding hydrogens is 717 g/mol. The number of benzene rings is 5. The highest BCUT2D eigenvalue weighted by molar-refractivity contribution is 5.92. The number of carbonyl (C=O) groups is 5. The normalized spacial score (nSPS) is 12.7. The lowest BCUT2D eigenvalue weighted by Crippen LogP contribution is -2.56. The van der Waals surface area contributed by atoms with E-state index in [-0.39, 0.29) is 44.1 Å². The minimum Gasteiger partial charge on any atom is -0.445 e. The number of hydrogen-bond acceptors (Lipinski definition) is 6. The van der Waals surface area contributed by atoms with Crippen LogP contribution in [0.5, 0.6) is 0 Å². The summed E-state index contributed by atoms with van der Waals surface area (Å²) in [5, 5.41) is 11.5. The van der Waals surface area contributed by atoms with Gasteiger partial charge in [0.25, 0.3) is 0 Å². The zero-order chi connectivity index (χ0) is 40.5. The summed E-state index contributed by atoms with van der Waals surface area (Å²) in [7, 11) is 0. The first kappa shape index (κ1) is 41.6. The second kappa shape index (κ2) is 20.9. The summed E-state index contributed by atoms with van der Waals surface area (Å²) in [6.45, 7) is 3.86. The van der Waals surface area contributed by atoms with Gasteiger partial charge in [-0.15, -0.1) is 0 Å². The van der Waals surface area contributed by atoms with Crippen molar-refractivity contribution in [1.82, 2.24) is 21.3 Å². The second-order valence-corrected chi connectivity index (χ2v) is 14.3. The van der Waals surface area contributed by atoms with Crippen molar-refractivity contribution in [2.24, 2.45) is 5.92 Å². The molecule has 0 aliphatic heterocycles. The molecule has 0 fully saturated rings. The zero-order valence-corrected chi connectivity index (χ0v) is 32.3. The molecule has 3 atom stereocenters. The van der Waals surface area contributed by atoms with Crippen molar-refractivity contribution in [1.29, 1.82) is 0 Å². The van der Waals surface area contributed by atoms with E-state index in [1.54, 1.807) is 0 Å². The van der Waals surface area contributed by atoms with Crippen molar-refractivity contribution in [2.45, 2.75) is 69.8 Å². The van der Waals surface area contributed by atoms with E-state index in [0.717, 1.165) is 27.8 Å². The predicted octanol–water partition coefficient (Wildman–Crippen LogP) is 6.63. The average molecular weight is 767 g/mol. The average Bonchev–Trinajstić information content (AvgIpc) is 3.24. The zero-order valence-electron chi connectivity index (χ0n) is 32.3. The molecule has 0 aliphatic rings. The predicted molar refractivity (Wildman–Crippen MR) is 220 cm³/mol. The third-order valence-electron chi connectivity index (χ3n) is 9.57. The number of amides is 4. The van der Waals surface area contributed by atoms with Crippen LogP contribution in [0.1, 0.15) is 60.9 Å². The van der Waals surface area contributed by atoms with Crippen LogP contribution in [0.3, 0.4) is 0 Å². The Kier molecular flexibility index (Phi) is 15.3. The third kappa shape index (κ3) is 12.0. The van der Waals surface area contributed by atoms with Gasteiger partial charge in [-0.25, -0.2) is 4.79 Å². The van der Waals surface area contributed by atoms with E-state index >= 15 is 0 Å². The summed E-state index contributed by atoms with van der Waals surface area (Å²) < 4.78 is 5.38. The SMILES string of the molecule is CC(C)C[C@H](NC(=O)OCc1ccccc1)C(=O)N[C@@H](Cc1ccccc1)C(=O)N[C@H](C=O)CCC(=O)NC(c1ccccc1)(c1ccccc1)c1ccccc1. The van der Waals surface area contributed by atoms with Crippen molar-refractivity contribution < 1.29 is 28.7 Å². The molecule has 294 valence electrons. The van der Waals surface area contributed by atoms with Crippen LogP contribution in [0.2, 0.25) is 0 Å². The van der Waals surface area contributed by atoms with Crippen LogP contribution in [0, 0.1) is 5.92 Å². The first-order valence-electron chi connectivity index (χ1n) is 19.2. The molecule has 5 aromatic carbocycles. The van der Waals surface area contributed by atoms with Gasteiger partial charge in [0, 0.05) is 12.8 Å². The Morgan fingerprint density at radius 3 is 1.53 bits per heavy atom. The molecule has 10 nitrogen and oxygen atoms in total. The van der Waals surface area contributed by atoms with Crippen LogP contribution in [0.4, 0.5) is 4.79 Å². The summed E-state index contributed by atoms with van der Waals surface area (Å²) in [5.74, 6) is -1.49. The van der Waals surface area contributed by atoms with Gasteiger partial charge in [-0.3, -0.25) is 14.4 Å². The molecule has 4 amide bonds. The molecule has 0 heterocycles. The Morgan fingerprint density at radius 1 is 0.596 bits per heavy atom. The minimum absolute atomic E-state index is 0.00626. The second-order valence-electron chi connectivity index (χ2n) is 14.3. The number of alkyl carbamates (subject to hydrolysis) is 1. The van der Waals surface area contributed by atoms with E-state index < -0.39 is 41.6 Å². The topological polar surface area (TPSA) is 143 Å². The number of hydrogen-bond donors (Lipinski definition) is 4. The largest absolute Gasteiger partial charge is 0.445 e. The lowest BCUT2D eigenvalue weighted by Gasteiger charge is -2.37. The van der Waals surface area contributed by atoms with Crippen molar-refractivity contribution in [3.63, 3.8) is 0 Å². The summed E-state index contributed by atoms with van der Waals surface area (Å²) in [5.41, 5.74) is 3.08. The van der Waals surface area contributed by atoms with Gasteiger partial charge in [0.1, 0.15) is 30.5 Å². The Bertz CT molecular complexity index is 1930. The van der Waals surface area contributed by atoms with Gasteiger partial charge >= 0.3 is 6.09 Å². The maximum atomic E-state index is 13.9. The van der Waals surface area contributed by atoms with E-state index in [9.17, 15) is 24.0 Å². The fourth-order valence-corrected chi connectivity index (χ4v) is 6.74. The molecule has 0 saturated heterocycles. The van der Waals surface area contributed by atoms with E-state index in [4.69, 9.17) is 4.74 Å². The molecule has 0 spiro atoms. The highest BCUT2D eigenvalue weighted by Crippen LogP contribution is 2.37. The van der Waals surface area contributed by atoms with E-state index in [1.807, 2.05) is 166 Å². The monoisotopic (exact) mass is 766 g/mol. The highest BCUT2D eigenvalue weighted by Gasteiger charge is 2.38. The van der Waals surface area contributed by atoms with Gasteiger partial charge in [-0.2, -0.15) is 0 Å². The van der Waals surface area contributed by atoms with Crippen molar-refractivity contribution in [2.75, 3.05) is 0 Å². The van der Waals surface area contributed by atoms with Crippen molar-refractivity contribution in [3.05, 3.63) is 179 Å². The molecule has 0 saturated carbocycles. The Labute approximate surface area is 334 Å². The van der Waals surface area contributed by atoms with Gasteiger partial charge in [-0.1, -0.05) is 166 Å². The molecule has 5 aromatic rings. The highest BCUT2D eigenvalue weighted by atomic mass is 16.5.